The fourth-order valence-corrected chi connectivity index (χ4v) is 4.38. The van der Waals surface area contributed by atoms with Crippen molar-refractivity contribution in [3.05, 3.63) is 78.1 Å². The SMILES string of the molecule is CCn1c(Cc2cccc3ccccc23)nnc1SCC(=O)Nc1ccccc1OC. The zero-order chi connectivity index (χ0) is 21.6. The first-order valence-electron chi connectivity index (χ1n) is 10.1. The van der Waals surface area contributed by atoms with Crippen molar-refractivity contribution in [1.82, 2.24) is 14.8 Å². The Labute approximate surface area is 185 Å². The number of methoxy groups -OCH3 is 1. The van der Waals surface area contributed by atoms with Gasteiger partial charge >= 0.3 is 0 Å². The van der Waals surface area contributed by atoms with Crippen molar-refractivity contribution < 1.29 is 9.53 Å². The number of carbonyl (C=O) groups is 1. The fraction of sp³-hybridized carbons (Fsp3) is 0.208. The molecule has 7 heteroatoms. The number of benzene rings is 3. The third-order valence-electron chi connectivity index (χ3n) is 5.05. The van der Waals surface area contributed by atoms with Gasteiger partial charge in [0.25, 0.3) is 0 Å². The van der Waals surface area contributed by atoms with Crippen LogP contribution in [0.2, 0.25) is 0 Å². The lowest BCUT2D eigenvalue weighted by molar-refractivity contribution is -0.113. The lowest BCUT2D eigenvalue weighted by Crippen LogP contribution is -2.15. The monoisotopic (exact) mass is 432 g/mol. The Kier molecular flexibility index (Phi) is 6.52. The number of aromatic nitrogens is 3. The van der Waals surface area contributed by atoms with Gasteiger partial charge in [-0.1, -0.05) is 66.4 Å². The predicted octanol–water partition coefficient (Wildman–Crippen LogP) is 4.78. The maximum absolute atomic E-state index is 12.5. The number of rotatable bonds is 8. The summed E-state index contributed by atoms with van der Waals surface area (Å²) >= 11 is 1.38. The van der Waals surface area contributed by atoms with E-state index in [1.165, 1.54) is 28.1 Å². The summed E-state index contributed by atoms with van der Waals surface area (Å²) in [4.78, 5) is 12.5. The van der Waals surface area contributed by atoms with Gasteiger partial charge in [0.05, 0.1) is 18.6 Å². The zero-order valence-corrected chi connectivity index (χ0v) is 18.4. The zero-order valence-electron chi connectivity index (χ0n) is 17.5. The van der Waals surface area contributed by atoms with E-state index < -0.39 is 0 Å². The van der Waals surface area contributed by atoms with Gasteiger partial charge in [-0.3, -0.25) is 4.79 Å². The molecule has 0 spiro atoms. The van der Waals surface area contributed by atoms with Gasteiger partial charge in [-0.25, -0.2) is 0 Å². The summed E-state index contributed by atoms with van der Waals surface area (Å²) in [6, 6.07) is 22.0. The van der Waals surface area contributed by atoms with Gasteiger partial charge in [-0.15, -0.1) is 10.2 Å². The van der Waals surface area contributed by atoms with Crippen LogP contribution < -0.4 is 10.1 Å². The molecule has 1 N–H and O–H groups in total. The van der Waals surface area contributed by atoms with Crippen LogP contribution in [0.25, 0.3) is 10.8 Å². The van der Waals surface area contributed by atoms with Crippen molar-refractivity contribution >= 4 is 34.1 Å². The van der Waals surface area contributed by atoms with E-state index in [-0.39, 0.29) is 11.7 Å². The van der Waals surface area contributed by atoms with E-state index in [1.54, 1.807) is 7.11 Å². The van der Waals surface area contributed by atoms with E-state index in [0.717, 1.165) is 17.5 Å². The van der Waals surface area contributed by atoms with E-state index >= 15 is 0 Å². The molecule has 1 aromatic heterocycles. The number of nitrogens with zero attached hydrogens (tertiary/aromatic N) is 3. The summed E-state index contributed by atoms with van der Waals surface area (Å²) in [5, 5.41) is 14.8. The Morgan fingerprint density at radius 1 is 1.03 bits per heavy atom. The van der Waals surface area contributed by atoms with Crippen LogP contribution in [0.5, 0.6) is 5.75 Å². The molecule has 0 aliphatic heterocycles. The molecule has 0 unspecified atom stereocenters. The number of carbonyl (C=O) groups excluding carboxylic acids is 1. The number of nitrogens with one attached hydrogen (secondary N) is 1. The van der Waals surface area contributed by atoms with Gasteiger partial charge in [0, 0.05) is 13.0 Å². The second kappa shape index (κ2) is 9.66. The number of para-hydroxylation sites is 2. The molecule has 4 rings (SSSR count). The van der Waals surface area contributed by atoms with E-state index in [4.69, 9.17) is 4.74 Å². The van der Waals surface area contributed by atoms with E-state index in [0.29, 0.717) is 17.9 Å². The van der Waals surface area contributed by atoms with Gasteiger partial charge in [0.2, 0.25) is 5.91 Å². The Hall–Kier alpha value is -3.32. The number of fused-ring (bicyclic) bond motifs is 1. The standard InChI is InChI=1S/C24H24N4O2S/c1-3-28-22(15-18-11-8-10-17-9-4-5-12-19(17)18)26-27-24(28)31-16-23(29)25-20-13-6-7-14-21(20)30-2/h4-14H,3,15-16H2,1-2H3,(H,25,29). The quantitative estimate of drug-likeness (QED) is 0.406. The van der Waals surface area contributed by atoms with Crippen LogP contribution >= 0.6 is 11.8 Å². The maximum Gasteiger partial charge on any atom is 0.234 e. The second-order valence-corrected chi connectivity index (χ2v) is 7.94. The molecule has 0 atom stereocenters. The Morgan fingerprint density at radius 2 is 1.81 bits per heavy atom. The minimum absolute atomic E-state index is 0.115. The van der Waals surface area contributed by atoms with Crippen molar-refractivity contribution in [2.24, 2.45) is 0 Å². The topological polar surface area (TPSA) is 69.0 Å². The summed E-state index contributed by atoms with van der Waals surface area (Å²) in [5.74, 6) is 1.65. The molecule has 0 saturated heterocycles. The van der Waals surface area contributed by atoms with Crippen LogP contribution in [0.4, 0.5) is 5.69 Å². The molecule has 0 saturated carbocycles. The first kappa shape index (κ1) is 20.9. The maximum atomic E-state index is 12.5. The summed E-state index contributed by atoms with van der Waals surface area (Å²) in [7, 11) is 1.58. The van der Waals surface area contributed by atoms with Gasteiger partial charge in [-0.05, 0) is 35.4 Å². The highest BCUT2D eigenvalue weighted by molar-refractivity contribution is 7.99. The largest absolute Gasteiger partial charge is 0.495 e. The molecular weight excluding hydrogens is 408 g/mol. The summed E-state index contributed by atoms with van der Waals surface area (Å²) in [6.45, 7) is 2.80. The molecule has 0 aliphatic carbocycles. The average Bonchev–Trinajstić information content (AvgIpc) is 3.19. The molecule has 1 heterocycles. The molecule has 6 nitrogen and oxygen atoms in total. The predicted molar refractivity (Wildman–Crippen MR) is 125 cm³/mol. The molecule has 31 heavy (non-hydrogen) atoms. The Balaban J connectivity index is 1.46. The normalized spacial score (nSPS) is 10.9. The molecule has 0 radical (unpaired) electrons. The van der Waals surface area contributed by atoms with Crippen LogP contribution in [-0.4, -0.2) is 33.5 Å². The fourth-order valence-electron chi connectivity index (χ4n) is 3.56. The molecule has 4 aromatic rings. The number of anilines is 1. The van der Waals surface area contributed by atoms with Gasteiger partial charge in [-0.2, -0.15) is 0 Å². The summed E-state index contributed by atoms with van der Waals surface area (Å²) in [5.41, 5.74) is 1.87. The second-order valence-electron chi connectivity index (χ2n) is 7.00. The van der Waals surface area contributed by atoms with Crippen molar-refractivity contribution in [2.75, 3.05) is 18.2 Å². The van der Waals surface area contributed by atoms with Crippen LogP contribution in [0, 0.1) is 0 Å². The Morgan fingerprint density at radius 3 is 2.65 bits per heavy atom. The van der Waals surface area contributed by atoms with Gasteiger partial charge < -0.3 is 14.6 Å². The molecule has 0 fully saturated rings. The molecule has 0 aliphatic rings. The number of hydrogen-bond donors (Lipinski definition) is 1. The third kappa shape index (κ3) is 4.72. The first-order valence-corrected chi connectivity index (χ1v) is 11.1. The van der Waals surface area contributed by atoms with Crippen LogP contribution in [-0.2, 0) is 17.8 Å². The van der Waals surface area contributed by atoms with E-state index in [9.17, 15) is 4.79 Å². The van der Waals surface area contributed by atoms with Crippen LogP contribution in [0.15, 0.2) is 71.9 Å². The molecule has 0 bridgehead atoms. The summed E-state index contributed by atoms with van der Waals surface area (Å²) in [6.07, 6.45) is 0.691. The van der Waals surface area contributed by atoms with Crippen molar-refractivity contribution in [3.8, 4) is 5.75 Å². The molecule has 158 valence electrons. The van der Waals surface area contributed by atoms with Crippen molar-refractivity contribution in [2.45, 2.75) is 25.0 Å². The molecular formula is C24H24N4O2S. The highest BCUT2D eigenvalue weighted by Crippen LogP contribution is 2.25. The number of ether oxygens (including phenoxy) is 1. The third-order valence-corrected chi connectivity index (χ3v) is 6.02. The number of amides is 1. The first-order chi connectivity index (χ1) is 15.2. The lowest BCUT2D eigenvalue weighted by atomic mass is 10.0. The smallest absolute Gasteiger partial charge is 0.234 e. The van der Waals surface area contributed by atoms with Crippen LogP contribution in [0.3, 0.4) is 0 Å². The highest BCUT2D eigenvalue weighted by Gasteiger charge is 2.15. The number of thioether (sulfide) groups is 1. The van der Waals surface area contributed by atoms with Crippen molar-refractivity contribution in [3.63, 3.8) is 0 Å². The minimum atomic E-state index is -0.115. The minimum Gasteiger partial charge on any atom is -0.495 e. The molecule has 1 amide bonds. The van der Waals surface area contributed by atoms with Gasteiger partial charge in [0.15, 0.2) is 5.16 Å². The average molecular weight is 433 g/mol. The highest BCUT2D eigenvalue weighted by atomic mass is 32.2. The van der Waals surface area contributed by atoms with E-state index in [2.05, 4.69) is 63.4 Å². The van der Waals surface area contributed by atoms with Gasteiger partial charge in [0.1, 0.15) is 11.6 Å². The lowest BCUT2D eigenvalue weighted by Gasteiger charge is -2.10. The Bertz CT molecular complexity index is 1200. The van der Waals surface area contributed by atoms with E-state index in [1.807, 2.05) is 30.3 Å². The molecule has 3 aromatic carbocycles. The van der Waals surface area contributed by atoms with Crippen molar-refractivity contribution in [1.29, 1.82) is 0 Å². The van der Waals surface area contributed by atoms with Crippen LogP contribution in [0.1, 0.15) is 18.3 Å². The number of hydrogen-bond acceptors (Lipinski definition) is 5. The summed E-state index contributed by atoms with van der Waals surface area (Å²) < 4.78 is 7.36.